The monoisotopic (exact) mass is 337 g/mol. The van der Waals surface area contributed by atoms with Crippen LogP contribution < -0.4 is 5.73 Å². The van der Waals surface area contributed by atoms with Gasteiger partial charge in [-0.25, -0.2) is 0 Å². The van der Waals surface area contributed by atoms with Crippen molar-refractivity contribution >= 4 is 17.7 Å². The van der Waals surface area contributed by atoms with Gasteiger partial charge < -0.3 is 15.4 Å². The van der Waals surface area contributed by atoms with E-state index < -0.39 is 0 Å². The molecule has 2 aliphatic heterocycles. The number of hydrogen-bond donors (Lipinski definition) is 1. The molecule has 0 radical (unpaired) electrons. The fourth-order valence-electron chi connectivity index (χ4n) is 3.44. The highest BCUT2D eigenvalue weighted by Gasteiger charge is 2.33. The lowest BCUT2D eigenvalue weighted by Gasteiger charge is -2.27. The third kappa shape index (κ3) is 3.50. The van der Waals surface area contributed by atoms with Gasteiger partial charge in [0.05, 0.1) is 11.8 Å². The summed E-state index contributed by atoms with van der Waals surface area (Å²) in [5.41, 5.74) is 9.66. The molecule has 0 spiro atoms. The van der Waals surface area contributed by atoms with Gasteiger partial charge in [0.1, 0.15) is 0 Å². The Labute approximate surface area is 142 Å². The Kier molecular flexibility index (Phi) is 5.16. The number of guanidine groups is 1. The van der Waals surface area contributed by atoms with E-state index >= 15 is 0 Å². The summed E-state index contributed by atoms with van der Waals surface area (Å²) in [6.07, 6.45) is 1.13. The molecule has 128 valence electrons. The Morgan fingerprint density at radius 1 is 1.39 bits per heavy atom. The first-order valence-corrected chi connectivity index (χ1v) is 9.47. The predicted octanol–water partition coefficient (Wildman–Crippen LogP) is 1.48. The van der Waals surface area contributed by atoms with Crippen molar-refractivity contribution in [2.45, 2.75) is 26.4 Å². The molecule has 2 atom stereocenters. The molecule has 1 aromatic heterocycles. The summed E-state index contributed by atoms with van der Waals surface area (Å²) in [5, 5.41) is 4.52. The zero-order valence-electron chi connectivity index (χ0n) is 14.3. The molecule has 2 fully saturated rings. The van der Waals surface area contributed by atoms with Gasteiger partial charge in [0.15, 0.2) is 5.96 Å². The van der Waals surface area contributed by atoms with Gasteiger partial charge in [-0.3, -0.25) is 9.67 Å². The Morgan fingerprint density at radius 3 is 2.78 bits per heavy atom. The number of aryl methyl sites for hydroxylation is 2. The molecule has 23 heavy (non-hydrogen) atoms. The van der Waals surface area contributed by atoms with E-state index in [0.717, 1.165) is 49.9 Å². The van der Waals surface area contributed by atoms with Gasteiger partial charge in [0, 0.05) is 62.0 Å². The van der Waals surface area contributed by atoms with Crippen molar-refractivity contribution in [3.63, 3.8) is 0 Å². The number of nitrogens with two attached hydrogens (primary N) is 1. The molecule has 0 amide bonds. The number of aromatic nitrogens is 2. The second kappa shape index (κ2) is 7.13. The van der Waals surface area contributed by atoms with Gasteiger partial charge in [0.25, 0.3) is 0 Å². The number of aliphatic imine (C=N–C) groups is 1. The number of ether oxygens (including phenoxy) is 1. The van der Waals surface area contributed by atoms with Crippen molar-refractivity contribution in [2.24, 2.45) is 23.7 Å². The van der Waals surface area contributed by atoms with Crippen molar-refractivity contribution in [3.8, 4) is 0 Å². The minimum absolute atomic E-state index is 0.0946. The van der Waals surface area contributed by atoms with Crippen LogP contribution in [0.15, 0.2) is 4.99 Å². The van der Waals surface area contributed by atoms with Gasteiger partial charge in [-0.15, -0.1) is 0 Å². The Bertz CT molecular complexity index is 579. The topological polar surface area (TPSA) is 68.7 Å². The van der Waals surface area contributed by atoms with Gasteiger partial charge in [-0.05, 0) is 20.3 Å². The van der Waals surface area contributed by atoms with E-state index in [2.05, 4.69) is 28.8 Å². The van der Waals surface area contributed by atoms with Crippen molar-refractivity contribution in [1.82, 2.24) is 14.7 Å². The van der Waals surface area contributed by atoms with Gasteiger partial charge in [-0.1, -0.05) is 0 Å². The molecule has 0 bridgehead atoms. The van der Waals surface area contributed by atoms with Crippen LogP contribution in [0.2, 0.25) is 0 Å². The van der Waals surface area contributed by atoms with E-state index in [0.29, 0.717) is 11.9 Å². The highest BCUT2D eigenvalue weighted by Crippen LogP contribution is 2.37. The van der Waals surface area contributed by atoms with Crippen LogP contribution in [0, 0.1) is 19.8 Å². The van der Waals surface area contributed by atoms with Crippen LogP contribution in [0.1, 0.15) is 29.5 Å². The molecule has 0 aromatic carbocycles. The first kappa shape index (κ1) is 16.6. The smallest absolute Gasteiger partial charge is 0.191 e. The first-order chi connectivity index (χ1) is 11.1. The molecule has 7 heteroatoms. The Balaban J connectivity index is 1.69. The van der Waals surface area contributed by atoms with E-state index in [4.69, 9.17) is 10.5 Å². The zero-order chi connectivity index (χ0) is 16.4. The zero-order valence-corrected chi connectivity index (χ0v) is 15.1. The molecule has 0 unspecified atom stereocenters. The molecule has 2 aliphatic rings. The van der Waals surface area contributed by atoms with E-state index in [-0.39, 0.29) is 6.10 Å². The summed E-state index contributed by atoms with van der Waals surface area (Å²) >= 11 is 1.98. The maximum atomic E-state index is 6.18. The molecule has 1 aromatic rings. The number of thioether (sulfide) groups is 1. The molecule has 6 nitrogen and oxygen atoms in total. The van der Waals surface area contributed by atoms with Gasteiger partial charge in [0.2, 0.25) is 0 Å². The summed E-state index contributed by atoms with van der Waals surface area (Å²) in [6.45, 7) is 7.70. The Morgan fingerprint density at radius 2 is 2.13 bits per heavy atom. The van der Waals surface area contributed by atoms with E-state index in [9.17, 15) is 0 Å². The third-order valence-corrected chi connectivity index (χ3v) is 5.83. The molecular formula is C16H27N5OS. The molecule has 3 rings (SSSR count). The number of rotatable bonds is 3. The van der Waals surface area contributed by atoms with Crippen LogP contribution in [0.5, 0.6) is 0 Å². The summed E-state index contributed by atoms with van der Waals surface area (Å²) in [6, 6.07) is 0. The second-order valence-electron chi connectivity index (χ2n) is 6.35. The summed E-state index contributed by atoms with van der Waals surface area (Å²) in [5.74, 6) is 3.35. The average Bonchev–Trinajstić information content (AvgIpc) is 3.10. The maximum Gasteiger partial charge on any atom is 0.191 e. The van der Waals surface area contributed by atoms with Gasteiger partial charge >= 0.3 is 0 Å². The molecule has 0 saturated carbocycles. The quantitative estimate of drug-likeness (QED) is 0.668. The highest BCUT2D eigenvalue weighted by atomic mass is 32.2. The molecular weight excluding hydrogens is 310 g/mol. The van der Waals surface area contributed by atoms with Gasteiger partial charge in [-0.2, -0.15) is 16.9 Å². The summed E-state index contributed by atoms with van der Waals surface area (Å²) in [4.78, 5) is 6.87. The van der Waals surface area contributed by atoms with E-state index in [1.54, 1.807) is 0 Å². The fourth-order valence-corrected chi connectivity index (χ4v) is 4.35. The summed E-state index contributed by atoms with van der Waals surface area (Å²) < 4.78 is 7.96. The fraction of sp³-hybridized carbons (Fsp3) is 0.750. The Hall–Kier alpha value is -1.21. The van der Waals surface area contributed by atoms with E-state index in [1.165, 1.54) is 11.3 Å². The van der Waals surface area contributed by atoms with Crippen molar-refractivity contribution in [2.75, 3.05) is 37.7 Å². The van der Waals surface area contributed by atoms with Crippen LogP contribution >= 0.6 is 11.8 Å². The van der Waals surface area contributed by atoms with Crippen LogP contribution in [-0.2, 0) is 11.8 Å². The predicted molar refractivity (Wildman–Crippen MR) is 94.9 cm³/mol. The second-order valence-corrected chi connectivity index (χ2v) is 7.57. The highest BCUT2D eigenvalue weighted by molar-refractivity contribution is 7.99. The van der Waals surface area contributed by atoms with Crippen molar-refractivity contribution in [3.05, 3.63) is 17.0 Å². The minimum atomic E-state index is 0.0946. The molecule has 0 aliphatic carbocycles. The largest absolute Gasteiger partial charge is 0.373 e. The maximum absolute atomic E-state index is 6.18. The lowest BCUT2D eigenvalue weighted by molar-refractivity contribution is 0.0914. The standard InChI is InChI=1S/C16H27N5OS/c1-11-14(12(2)20(3)19-11)15-13(4-7-22-15)10-18-16(17)21-5-8-23-9-6-21/h13,15H,4-10H2,1-3H3,(H2,17,18)/t13-,15+/m0/s1. The minimum Gasteiger partial charge on any atom is -0.373 e. The van der Waals surface area contributed by atoms with Crippen molar-refractivity contribution < 1.29 is 4.74 Å². The SMILES string of the molecule is Cc1nn(C)c(C)c1[C@@H]1OCC[C@H]1CN=C(N)N1CCSCC1. The number of hydrogen-bond acceptors (Lipinski definition) is 4. The molecule has 2 N–H and O–H groups in total. The normalized spacial score (nSPS) is 26.0. The van der Waals surface area contributed by atoms with Crippen LogP contribution in [0.25, 0.3) is 0 Å². The van der Waals surface area contributed by atoms with Crippen molar-refractivity contribution in [1.29, 1.82) is 0 Å². The third-order valence-electron chi connectivity index (χ3n) is 4.89. The van der Waals surface area contributed by atoms with Crippen LogP contribution in [0.3, 0.4) is 0 Å². The lowest BCUT2D eigenvalue weighted by Crippen LogP contribution is -2.43. The van der Waals surface area contributed by atoms with Crippen LogP contribution in [-0.4, -0.2) is 58.4 Å². The van der Waals surface area contributed by atoms with E-state index in [1.807, 2.05) is 23.5 Å². The van der Waals surface area contributed by atoms with Crippen LogP contribution in [0.4, 0.5) is 0 Å². The first-order valence-electron chi connectivity index (χ1n) is 8.32. The molecule has 2 saturated heterocycles. The summed E-state index contributed by atoms with van der Waals surface area (Å²) in [7, 11) is 1.99. The lowest BCUT2D eigenvalue weighted by atomic mass is 9.94. The number of nitrogens with zero attached hydrogens (tertiary/aromatic N) is 4. The average molecular weight is 337 g/mol. The molecule has 3 heterocycles.